The molecule has 0 spiro atoms. The van der Waals surface area contributed by atoms with Crippen LogP contribution in [-0.4, -0.2) is 4.98 Å². The van der Waals surface area contributed by atoms with E-state index in [-0.39, 0.29) is 0 Å². The first-order chi connectivity index (χ1) is 12.7. The summed E-state index contributed by atoms with van der Waals surface area (Å²) < 4.78 is 0. The molecule has 2 unspecified atom stereocenters. The molecule has 2 atom stereocenters. The van der Waals surface area contributed by atoms with Crippen molar-refractivity contribution in [2.75, 3.05) is 0 Å². The maximum atomic E-state index is 3.75. The van der Waals surface area contributed by atoms with Crippen molar-refractivity contribution in [2.45, 2.75) is 64.7 Å². The van der Waals surface area contributed by atoms with Crippen molar-refractivity contribution in [1.82, 2.24) is 4.98 Å². The zero-order valence-electron chi connectivity index (χ0n) is 16.2. The van der Waals surface area contributed by atoms with Gasteiger partial charge in [-0.05, 0) is 79.7 Å². The van der Waals surface area contributed by atoms with Gasteiger partial charge in [0, 0.05) is 17.1 Å². The Morgan fingerprint density at radius 2 is 1.85 bits per heavy atom. The standard InChI is InChI=1S/C25H31N/c1-3-19-12-14-24-22(16-19)17-25(26-24)23-10-5-4-9-21(23)13-11-20-8-6-7-18(2)15-20/h6-8,12,14-17,21,23,26H,3-5,9-11,13H2,1-2H3. The van der Waals surface area contributed by atoms with Crippen molar-refractivity contribution in [2.24, 2.45) is 5.92 Å². The Hall–Kier alpha value is -2.02. The smallest absolute Gasteiger partial charge is 0.0456 e. The molecule has 0 radical (unpaired) electrons. The van der Waals surface area contributed by atoms with Crippen LogP contribution < -0.4 is 0 Å². The molecule has 1 nitrogen and oxygen atoms in total. The summed E-state index contributed by atoms with van der Waals surface area (Å²) in [5, 5.41) is 1.39. The van der Waals surface area contributed by atoms with Crippen LogP contribution in [0.3, 0.4) is 0 Å². The third kappa shape index (κ3) is 3.72. The van der Waals surface area contributed by atoms with Crippen LogP contribution in [0.2, 0.25) is 0 Å². The summed E-state index contributed by atoms with van der Waals surface area (Å²) in [6.45, 7) is 4.43. The molecule has 0 saturated heterocycles. The largest absolute Gasteiger partial charge is 0.358 e. The highest BCUT2D eigenvalue weighted by Crippen LogP contribution is 2.40. The van der Waals surface area contributed by atoms with Gasteiger partial charge in [0.05, 0.1) is 0 Å². The number of benzene rings is 2. The summed E-state index contributed by atoms with van der Waals surface area (Å²) in [5.74, 6) is 1.51. The second-order valence-corrected chi connectivity index (χ2v) is 8.18. The molecule has 4 rings (SSSR count). The maximum absolute atomic E-state index is 3.75. The van der Waals surface area contributed by atoms with Gasteiger partial charge in [-0.1, -0.05) is 55.7 Å². The van der Waals surface area contributed by atoms with Crippen LogP contribution >= 0.6 is 0 Å². The molecule has 0 bridgehead atoms. The minimum Gasteiger partial charge on any atom is -0.358 e. The zero-order valence-corrected chi connectivity index (χ0v) is 16.2. The minimum atomic E-state index is 0.700. The number of hydrogen-bond donors (Lipinski definition) is 1. The number of fused-ring (bicyclic) bond motifs is 1. The predicted molar refractivity (Wildman–Crippen MR) is 112 cm³/mol. The Bertz CT molecular complexity index is 873. The quantitative estimate of drug-likeness (QED) is 0.515. The fourth-order valence-electron chi connectivity index (χ4n) is 4.81. The van der Waals surface area contributed by atoms with E-state index in [0.29, 0.717) is 5.92 Å². The summed E-state index contributed by atoms with van der Waals surface area (Å²) in [6.07, 6.45) is 9.13. The average molecular weight is 346 g/mol. The summed E-state index contributed by atoms with van der Waals surface area (Å²) in [4.78, 5) is 3.75. The van der Waals surface area contributed by atoms with Gasteiger partial charge < -0.3 is 4.98 Å². The van der Waals surface area contributed by atoms with E-state index in [2.05, 4.69) is 67.4 Å². The van der Waals surface area contributed by atoms with Gasteiger partial charge in [0.2, 0.25) is 0 Å². The van der Waals surface area contributed by atoms with Gasteiger partial charge in [0.1, 0.15) is 0 Å². The predicted octanol–water partition coefficient (Wildman–Crippen LogP) is 6.95. The highest BCUT2D eigenvalue weighted by Gasteiger charge is 2.27. The van der Waals surface area contributed by atoms with Crippen LogP contribution in [0.1, 0.15) is 67.3 Å². The molecule has 2 aromatic carbocycles. The molecule has 1 N–H and O–H groups in total. The summed E-state index contributed by atoms with van der Waals surface area (Å²) in [5.41, 5.74) is 7.09. The van der Waals surface area contributed by atoms with Crippen LogP contribution in [0.5, 0.6) is 0 Å². The van der Waals surface area contributed by atoms with E-state index < -0.39 is 0 Å². The van der Waals surface area contributed by atoms with Gasteiger partial charge in [-0.3, -0.25) is 0 Å². The van der Waals surface area contributed by atoms with Gasteiger partial charge in [0.25, 0.3) is 0 Å². The van der Waals surface area contributed by atoms with Crippen molar-refractivity contribution in [3.63, 3.8) is 0 Å². The van der Waals surface area contributed by atoms with Gasteiger partial charge in [0.15, 0.2) is 0 Å². The number of hydrogen-bond acceptors (Lipinski definition) is 0. The fraction of sp³-hybridized carbons (Fsp3) is 0.440. The first-order valence-corrected chi connectivity index (χ1v) is 10.4. The zero-order chi connectivity index (χ0) is 17.9. The third-order valence-corrected chi connectivity index (χ3v) is 6.31. The highest BCUT2D eigenvalue weighted by molar-refractivity contribution is 5.81. The second-order valence-electron chi connectivity index (χ2n) is 8.18. The lowest BCUT2D eigenvalue weighted by atomic mass is 9.75. The molecule has 0 aliphatic heterocycles. The monoisotopic (exact) mass is 345 g/mol. The van der Waals surface area contributed by atoms with E-state index in [4.69, 9.17) is 0 Å². The van der Waals surface area contributed by atoms with Gasteiger partial charge in [-0.25, -0.2) is 0 Å². The number of H-pyrrole nitrogens is 1. The van der Waals surface area contributed by atoms with E-state index in [1.807, 2.05) is 0 Å². The number of aromatic nitrogens is 1. The van der Waals surface area contributed by atoms with Crippen molar-refractivity contribution in [1.29, 1.82) is 0 Å². The molecule has 1 fully saturated rings. The SMILES string of the molecule is CCc1ccc2[nH]c(C3CCCCC3CCc3cccc(C)c3)cc2c1. The first-order valence-electron chi connectivity index (χ1n) is 10.4. The van der Waals surface area contributed by atoms with Crippen molar-refractivity contribution >= 4 is 10.9 Å². The van der Waals surface area contributed by atoms with Crippen molar-refractivity contribution in [3.8, 4) is 0 Å². The molecule has 1 aromatic heterocycles. The van der Waals surface area contributed by atoms with Crippen LogP contribution in [0.25, 0.3) is 10.9 Å². The van der Waals surface area contributed by atoms with E-state index in [0.717, 1.165) is 12.3 Å². The van der Waals surface area contributed by atoms with E-state index in [1.54, 1.807) is 0 Å². The Morgan fingerprint density at radius 3 is 2.69 bits per heavy atom. The van der Waals surface area contributed by atoms with E-state index in [9.17, 15) is 0 Å². The third-order valence-electron chi connectivity index (χ3n) is 6.31. The normalized spacial score (nSPS) is 20.5. The molecule has 1 aliphatic carbocycles. The lowest BCUT2D eigenvalue weighted by Gasteiger charge is -2.31. The van der Waals surface area contributed by atoms with Crippen LogP contribution in [0, 0.1) is 12.8 Å². The van der Waals surface area contributed by atoms with E-state index >= 15 is 0 Å². The number of aromatic amines is 1. The maximum Gasteiger partial charge on any atom is 0.0456 e. The van der Waals surface area contributed by atoms with E-state index in [1.165, 1.54) is 71.8 Å². The van der Waals surface area contributed by atoms with Crippen molar-refractivity contribution in [3.05, 3.63) is 70.9 Å². The lowest BCUT2D eigenvalue weighted by Crippen LogP contribution is -2.19. The minimum absolute atomic E-state index is 0.700. The van der Waals surface area contributed by atoms with Crippen LogP contribution in [0.4, 0.5) is 0 Å². The first kappa shape index (κ1) is 17.4. The van der Waals surface area contributed by atoms with Gasteiger partial charge in [-0.2, -0.15) is 0 Å². The number of nitrogens with one attached hydrogen (secondary N) is 1. The Morgan fingerprint density at radius 1 is 0.962 bits per heavy atom. The molecule has 1 saturated carbocycles. The molecule has 26 heavy (non-hydrogen) atoms. The molecule has 1 heterocycles. The van der Waals surface area contributed by atoms with Gasteiger partial charge >= 0.3 is 0 Å². The van der Waals surface area contributed by atoms with Crippen molar-refractivity contribution < 1.29 is 0 Å². The van der Waals surface area contributed by atoms with Crippen LogP contribution in [0.15, 0.2) is 48.5 Å². The highest BCUT2D eigenvalue weighted by atomic mass is 14.7. The number of aryl methyl sites for hydroxylation is 3. The average Bonchev–Trinajstić information content (AvgIpc) is 3.09. The molecular weight excluding hydrogens is 314 g/mol. The summed E-state index contributed by atoms with van der Waals surface area (Å²) >= 11 is 0. The number of rotatable bonds is 5. The summed E-state index contributed by atoms with van der Waals surface area (Å²) in [6, 6.07) is 18.4. The topological polar surface area (TPSA) is 15.8 Å². The Labute approximate surface area is 157 Å². The fourth-order valence-corrected chi connectivity index (χ4v) is 4.81. The molecule has 1 heteroatoms. The Kier molecular flexibility index (Phi) is 5.15. The second kappa shape index (κ2) is 7.70. The van der Waals surface area contributed by atoms with Gasteiger partial charge in [-0.15, -0.1) is 0 Å². The molecule has 136 valence electrons. The van der Waals surface area contributed by atoms with Crippen LogP contribution in [-0.2, 0) is 12.8 Å². The summed E-state index contributed by atoms with van der Waals surface area (Å²) in [7, 11) is 0. The molecular formula is C25H31N. The lowest BCUT2D eigenvalue weighted by molar-refractivity contribution is 0.287. The Balaban J connectivity index is 1.53. The molecule has 0 amide bonds. The molecule has 1 aliphatic rings. The molecule has 3 aromatic rings.